The molecule has 156 valence electrons. The van der Waals surface area contributed by atoms with E-state index in [2.05, 4.69) is 0 Å². The van der Waals surface area contributed by atoms with Crippen LogP contribution in [0.1, 0.15) is 40.2 Å². The molecule has 0 unspecified atom stereocenters. The molecular formula is C19H23N3O5S2. The summed E-state index contributed by atoms with van der Waals surface area (Å²) in [4.78, 5) is 28.3. The molecule has 0 bridgehead atoms. The number of furan rings is 1. The van der Waals surface area contributed by atoms with E-state index in [9.17, 15) is 18.0 Å². The van der Waals surface area contributed by atoms with Crippen molar-refractivity contribution in [3.8, 4) is 0 Å². The standard InChI is InChI=1S/C19H23N3O5S2/c23-18(20-6-2-1-3-7-20)15-13-17(28-14-15)29(25,26)22-10-8-21(9-11-22)19(24)16-5-4-12-27-16/h4-5,12-14H,1-3,6-11H2. The van der Waals surface area contributed by atoms with Crippen LogP contribution < -0.4 is 0 Å². The lowest BCUT2D eigenvalue weighted by Gasteiger charge is -2.33. The molecular weight excluding hydrogens is 414 g/mol. The predicted octanol–water partition coefficient (Wildman–Crippen LogP) is 2.11. The number of likely N-dealkylation sites (tertiary alicyclic amines) is 1. The Morgan fingerprint density at radius 1 is 0.931 bits per heavy atom. The van der Waals surface area contributed by atoms with Gasteiger partial charge in [0.25, 0.3) is 21.8 Å². The highest BCUT2D eigenvalue weighted by atomic mass is 32.2. The van der Waals surface area contributed by atoms with Crippen molar-refractivity contribution in [3.63, 3.8) is 0 Å². The minimum absolute atomic E-state index is 0.101. The number of nitrogens with zero attached hydrogens (tertiary/aromatic N) is 3. The van der Waals surface area contributed by atoms with E-state index in [1.165, 1.54) is 16.6 Å². The number of carbonyl (C=O) groups is 2. The van der Waals surface area contributed by atoms with E-state index in [0.717, 1.165) is 43.7 Å². The monoisotopic (exact) mass is 437 g/mol. The number of piperazine rings is 1. The average molecular weight is 438 g/mol. The molecule has 0 radical (unpaired) electrons. The lowest BCUT2D eigenvalue weighted by molar-refractivity contribution is 0.0665. The first-order valence-corrected chi connectivity index (χ1v) is 12.0. The van der Waals surface area contributed by atoms with E-state index in [0.29, 0.717) is 18.7 Å². The summed E-state index contributed by atoms with van der Waals surface area (Å²) < 4.78 is 32.7. The van der Waals surface area contributed by atoms with Crippen molar-refractivity contribution < 1.29 is 22.4 Å². The quantitative estimate of drug-likeness (QED) is 0.731. The second-order valence-electron chi connectivity index (χ2n) is 7.18. The van der Waals surface area contributed by atoms with Gasteiger partial charge < -0.3 is 14.2 Å². The maximum Gasteiger partial charge on any atom is 0.289 e. The van der Waals surface area contributed by atoms with Gasteiger partial charge in [0.15, 0.2) is 5.76 Å². The van der Waals surface area contributed by atoms with E-state index < -0.39 is 10.0 Å². The number of amides is 2. The van der Waals surface area contributed by atoms with Gasteiger partial charge in [-0.15, -0.1) is 11.3 Å². The van der Waals surface area contributed by atoms with Crippen LogP contribution in [0.25, 0.3) is 0 Å². The Bertz CT molecular complexity index is 969. The number of thiophene rings is 1. The van der Waals surface area contributed by atoms with Crippen molar-refractivity contribution in [1.82, 2.24) is 14.1 Å². The molecule has 0 spiro atoms. The number of carbonyl (C=O) groups excluding carboxylic acids is 2. The minimum atomic E-state index is -3.69. The molecule has 2 aromatic rings. The summed E-state index contributed by atoms with van der Waals surface area (Å²) in [6.07, 6.45) is 4.54. The zero-order valence-corrected chi connectivity index (χ0v) is 17.6. The van der Waals surface area contributed by atoms with Gasteiger partial charge in [-0.05, 0) is 37.5 Å². The smallest absolute Gasteiger partial charge is 0.289 e. The van der Waals surface area contributed by atoms with Gasteiger partial charge in [0.2, 0.25) is 0 Å². The Kier molecular flexibility index (Phi) is 5.75. The largest absolute Gasteiger partial charge is 0.459 e. The molecule has 2 aliphatic rings. The summed E-state index contributed by atoms with van der Waals surface area (Å²) >= 11 is 1.07. The average Bonchev–Trinajstić information content (AvgIpc) is 3.46. The molecule has 2 aromatic heterocycles. The summed E-state index contributed by atoms with van der Waals surface area (Å²) in [5.74, 6) is -0.0886. The normalized spacial score (nSPS) is 18.8. The molecule has 0 saturated carbocycles. The third kappa shape index (κ3) is 4.10. The van der Waals surface area contributed by atoms with E-state index in [1.54, 1.807) is 27.3 Å². The molecule has 8 nitrogen and oxygen atoms in total. The molecule has 0 aliphatic carbocycles. The van der Waals surface area contributed by atoms with E-state index in [1.807, 2.05) is 0 Å². The SMILES string of the molecule is O=C(c1csc(S(=O)(=O)N2CCN(C(=O)c3ccco3)CC2)c1)N1CCCCC1. The lowest BCUT2D eigenvalue weighted by atomic mass is 10.1. The Balaban J connectivity index is 1.41. The van der Waals surface area contributed by atoms with Crippen LogP contribution in [0.4, 0.5) is 0 Å². The first-order valence-electron chi connectivity index (χ1n) is 9.67. The van der Waals surface area contributed by atoms with Crippen molar-refractivity contribution >= 4 is 33.2 Å². The predicted molar refractivity (Wildman–Crippen MR) is 107 cm³/mol. The Morgan fingerprint density at radius 2 is 1.62 bits per heavy atom. The van der Waals surface area contributed by atoms with Crippen LogP contribution >= 0.6 is 11.3 Å². The molecule has 29 heavy (non-hydrogen) atoms. The molecule has 2 fully saturated rings. The minimum Gasteiger partial charge on any atom is -0.459 e. The molecule has 0 aromatic carbocycles. The molecule has 0 N–H and O–H groups in total. The van der Waals surface area contributed by atoms with Crippen molar-refractivity contribution in [2.75, 3.05) is 39.3 Å². The van der Waals surface area contributed by atoms with E-state index in [-0.39, 0.29) is 34.9 Å². The number of rotatable bonds is 4. The topological polar surface area (TPSA) is 91.1 Å². The summed E-state index contributed by atoms with van der Waals surface area (Å²) in [7, 11) is -3.69. The molecule has 0 atom stereocenters. The van der Waals surface area contributed by atoms with Crippen molar-refractivity contribution in [2.24, 2.45) is 0 Å². The van der Waals surface area contributed by atoms with Gasteiger partial charge in [-0.25, -0.2) is 8.42 Å². The highest BCUT2D eigenvalue weighted by Gasteiger charge is 2.32. The zero-order chi connectivity index (χ0) is 20.4. The van der Waals surface area contributed by atoms with Gasteiger partial charge in [-0.1, -0.05) is 0 Å². The van der Waals surface area contributed by atoms with Crippen LogP contribution in [-0.2, 0) is 10.0 Å². The van der Waals surface area contributed by atoms with E-state index in [4.69, 9.17) is 4.42 Å². The van der Waals surface area contributed by atoms with Crippen LogP contribution in [0.3, 0.4) is 0 Å². The molecule has 2 saturated heterocycles. The number of piperidine rings is 1. The maximum atomic E-state index is 13.0. The molecule has 10 heteroatoms. The second kappa shape index (κ2) is 8.29. The zero-order valence-electron chi connectivity index (χ0n) is 16.0. The second-order valence-corrected chi connectivity index (χ2v) is 10.3. The fraction of sp³-hybridized carbons (Fsp3) is 0.474. The van der Waals surface area contributed by atoms with Gasteiger partial charge in [0.05, 0.1) is 11.8 Å². The summed E-state index contributed by atoms with van der Waals surface area (Å²) in [5, 5.41) is 1.63. The third-order valence-corrected chi connectivity index (χ3v) is 8.63. The van der Waals surface area contributed by atoms with Gasteiger partial charge in [-0.3, -0.25) is 9.59 Å². The van der Waals surface area contributed by atoms with Gasteiger partial charge in [0, 0.05) is 44.6 Å². The Morgan fingerprint density at radius 3 is 2.28 bits per heavy atom. The van der Waals surface area contributed by atoms with Gasteiger partial charge in [0.1, 0.15) is 4.21 Å². The van der Waals surface area contributed by atoms with Crippen LogP contribution in [0.5, 0.6) is 0 Å². The van der Waals surface area contributed by atoms with Crippen molar-refractivity contribution in [1.29, 1.82) is 0 Å². The first kappa shape index (κ1) is 20.1. The molecule has 2 amide bonds. The highest BCUT2D eigenvalue weighted by molar-refractivity contribution is 7.91. The third-order valence-electron chi connectivity index (χ3n) is 5.32. The van der Waals surface area contributed by atoms with Crippen LogP contribution in [0.15, 0.2) is 38.5 Å². The molecule has 4 heterocycles. The van der Waals surface area contributed by atoms with Crippen LogP contribution in [0.2, 0.25) is 0 Å². The fourth-order valence-corrected chi connectivity index (χ4v) is 6.39. The summed E-state index contributed by atoms with van der Waals surface area (Å²) in [5.41, 5.74) is 0.433. The summed E-state index contributed by atoms with van der Waals surface area (Å²) in [6.45, 7) is 2.46. The number of hydrogen-bond donors (Lipinski definition) is 0. The molecule has 4 rings (SSSR count). The van der Waals surface area contributed by atoms with Crippen LogP contribution in [-0.4, -0.2) is 73.6 Å². The highest BCUT2D eigenvalue weighted by Crippen LogP contribution is 2.26. The van der Waals surface area contributed by atoms with Crippen LogP contribution in [0, 0.1) is 0 Å². The van der Waals surface area contributed by atoms with Gasteiger partial charge in [-0.2, -0.15) is 4.31 Å². The van der Waals surface area contributed by atoms with Crippen molar-refractivity contribution in [2.45, 2.75) is 23.5 Å². The molecule has 2 aliphatic heterocycles. The first-order chi connectivity index (χ1) is 14.0. The van der Waals surface area contributed by atoms with Crippen molar-refractivity contribution in [3.05, 3.63) is 41.2 Å². The maximum absolute atomic E-state index is 13.0. The fourth-order valence-electron chi connectivity index (χ4n) is 3.66. The van der Waals surface area contributed by atoms with Gasteiger partial charge >= 0.3 is 0 Å². The lowest BCUT2D eigenvalue weighted by Crippen LogP contribution is -2.50. The van der Waals surface area contributed by atoms with E-state index >= 15 is 0 Å². The number of sulfonamides is 1. The summed E-state index contributed by atoms with van der Waals surface area (Å²) in [6, 6.07) is 4.72. The Labute approximate surface area is 173 Å². The Hall–Kier alpha value is -2.17. The number of hydrogen-bond acceptors (Lipinski definition) is 6.